The van der Waals surface area contributed by atoms with Gasteiger partial charge in [-0.2, -0.15) is 5.10 Å². The number of rotatable bonds is 5. The van der Waals surface area contributed by atoms with Crippen LogP contribution in [0.25, 0.3) is 5.69 Å². The van der Waals surface area contributed by atoms with Crippen molar-refractivity contribution in [3.8, 4) is 5.69 Å². The summed E-state index contributed by atoms with van der Waals surface area (Å²) in [5.74, 6) is -0.159. The summed E-state index contributed by atoms with van der Waals surface area (Å²) in [4.78, 5) is 26.0. The molecule has 1 aromatic heterocycles. The Balaban J connectivity index is 1.45. The molecule has 29 heavy (non-hydrogen) atoms. The maximum absolute atomic E-state index is 12.6. The minimum atomic E-state index is -0.159. The Morgan fingerprint density at radius 3 is 2.45 bits per heavy atom. The molecule has 2 aromatic carbocycles. The molecule has 0 saturated carbocycles. The summed E-state index contributed by atoms with van der Waals surface area (Å²) < 4.78 is 1.90. The lowest BCUT2D eigenvalue weighted by Crippen LogP contribution is -2.28. The third-order valence-electron chi connectivity index (χ3n) is 5.17. The normalized spacial score (nSPS) is 13.4. The molecule has 4 rings (SSSR count). The van der Waals surface area contributed by atoms with Crippen LogP contribution in [0.1, 0.15) is 27.3 Å². The van der Waals surface area contributed by atoms with Crippen molar-refractivity contribution in [3.63, 3.8) is 0 Å². The van der Waals surface area contributed by atoms with E-state index in [2.05, 4.69) is 15.7 Å². The number of nitrogens with one attached hydrogen (secondary N) is 2. The third kappa shape index (κ3) is 3.71. The summed E-state index contributed by atoms with van der Waals surface area (Å²) >= 11 is 0. The van der Waals surface area contributed by atoms with Gasteiger partial charge in [-0.15, -0.1) is 0 Å². The van der Waals surface area contributed by atoms with Gasteiger partial charge in [-0.25, -0.2) is 9.48 Å². The van der Waals surface area contributed by atoms with E-state index in [1.807, 2.05) is 48.9 Å². The molecule has 1 fully saturated rings. The molecule has 7 nitrogen and oxygen atoms in total. The number of carbonyl (C=O) groups excluding carboxylic acids is 2. The number of amides is 3. The van der Waals surface area contributed by atoms with Crippen LogP contribution in [0.5, 0.6) is 0 Å². The van der Waals surface area contributed by atoms with Gasteiger partial charge in [0.25, 0.3) is 5.91 Å². The second-order valence-corrected chi connectivity index (χ2v) is 7.01. The molecule has 1 aliphatic heterocycles. The zero-order valence-electron chi connectivity index (χ0n) is 16.5. The fourth-order valence-electron chi connectivity index (χ4n) is 3.53. The molecule has 3 amide bonds. The van der Waals surface area contributed by atoms with Gasteiger partial charge in [0.1, 0.15) is 0 Å². The molecule has 0 unspecified atom stereocenters. The summed E-state index contributed by atoms with van der Waals surface area (Å²) in [5, 5.41) is 10.4. The average Bonchev–Trinajstić information content (AvgIpc) is 3.30. The summed E-state index contributed by atoms with van der Waals surface area (Å²) in [6.45, 7) is 5.62. The summed E-state index contributed by atoms with van der Waals surface area (Å²) in [6.07, 6.45) is 0. The highest BCUT2D eigenvalue weighted by atomic mass is 16.2. The molecule has 0 atom stereocenters. The van der Waals surface area contributed by atoms with Crippen LogP contribution in [0.4, 0.5) is 10.5 Å². The van der Waals surface area contributed by atoms with Crippen molar-refractivity contribution in [3.05, 3.63) is 77.1 Å². The summed E-state index contributed by atoms with van der Waals surface area (Å²) in [6, 6.07) is 16.9. The first-order chi connectivity index (χ1) is 14.0. The van der Waals surface area contributed by atoms with Crippen LogP contribution in [0.15, 0.2) is 54.6 Å². The van der Waals surface area contributed by atoms with Crippen LogP contribution in [-0.4, -0.2) is 34.8 Å². The van der Waals surface area contributed by atoms with Crippen LogP contribution in [-0.2, 0) is 6.54 Å². The minimum Gasteiger partial charge on any atom is -0.348 e. The highest BCUT2D eigenvalue weighted by Crippen LogP contribution is 2.19. The van der Waals surface area contributed by atoms with E-state index < -0.39 is 0 Å². The predicted molar refractivity (Wildman–Crippen MR) is 111 cm³/mol. The van der Waals surface area contributed by atoms with Gasteiger partial charge in [-0.1, -0.05) is 18.2 Å². The molecule has 1 saturated heterocycles. The molecule has 0 aliphatic carbocycles. The molecule has 0 spiro atoms. The molecule has 2 N–H and O–H groups in total. The minimum absolute atomic E-state index is 0.108. The van der Waals surface area contributed by atoms with Crippen molar-refractivity contribution in [2.24, 2.45) is 0 Å². The Hall–Kier alpha value is -3.61. The van der Waals surface area contributed by atoms with E-state index >= 15 is 0 Å². The Morgan fingerprint density at radius 1 is 1.07 bits per heavy atom. The summed E-state index contributed by atoms with van der Waals surface area (Å²) in [7, 11) is 0. The van der Waals surface area contributed by atoms with E-state index in [0.717, 1.165) is 28.3 Å². The smallest absolute Gasteiger partial charge is 0.321 e. The highest BCUT2D eigenvalue weighted by Gasteiger charge is 2.21. The van der Waals surface area contributed by atoms with E-state index in [0.29, 0.717) is 25.2 Å². The first kappa shape index (κ1) is 18.7. The van der Waals surface area contributed by atoms with Gasteiger partial charge in [0.2, 0.25) is 0 Å². The monoisotopic (exact) mass is 389 g/mol. The number of aromatic nitrogens is 2. The number of anilines is 1. The molecule has 148 valence electrons. The number of benzene rings is 2. The van der Waals surface area contributed by atoms with Gasteiger partial charge in [-0.3, -0.25) is 9.69 Å². The van der Waals surface area contributed by atoms with Crippen molar-refractivity contribution in [1.29, 1.82) is 0 Å². The largest absolute Gasteiger partial charge is 0.348 e. The zero-order valence-corrected chi connectivity index (χ0v) is 16.5. The number of hydrogen-bond acceptors (Lipinski definition) is 3. The van der Waals surface area contributed by atoms with Crippen molar-refractivity contribution in [2.45, 2.75) is 20.4 Å². The number of carbonyl (C=O) groups is 2. The molecule has 0 bridgehead atoms. The molecule has 2 heterocycles. The fraction of sp³-hybridized carbons (Fsp3) is 0.227. The van der Waals surface area contributed by atoms with Crippen LogP contribution < -0.4 is 15.5 Å². The molecule has 0 radical (unpaired) electrons. The standard InChI is InChI=1S/C22H23N5O2/c1-15-20(16(2)27(25-15)19-6-4-3-5-7-19)14-24-21(28)17-8-10-18(11-9-17)26-13-12-23-22(26)29/h3-11H,12-14H2,1-2H3,(H,23,29)(H,24,28). The van der Waals surface area contributed by atoms with E-state index in [1.54, 1.807) is 29.2 Å². The lowest BCUT2D eigenvalue weighted by atomic mass is 10.1. The van der Waals surface area contributed by atoms with Gasteiger partial charge < -0.3 is 10.6 Å². The van der Waals surface area contributed by atoms with Gasteiger partial charge in [0.15, 0.2) is 0 Å². The van der Waals surface area contributed by atoms with Crippen LogP contribution in [0.3, 0.4) is 0 Å². The maximum Gasteiger partial charge on any atom is 0.321 e. The van der Waals surface area contributed by atoms with E-state index in [1.165, 1.54) is 0 Å². The first-order valence-electron chi connectivity index (χ1n) is 9.59. The first-order valence-corrected chi connectivity index (χ1v) is 9.59. The molecule has 3 aromatic rings. The third-order valence-corrected chi connectivity index (χ3v) is 5.17. The SMILES string of the molecule is Cc1nn(-c2ccccc2)c(C)c1CNC(=O)c1ccc(N2CCNC2=O)cc1. The Bertz CT molecular complexity index is 1040. The topological polar surface area (TPSA) is 79.3 Å². The molecule has 1 aliphatic rings. The van der Waals surface area contributed by atoms with Gasteiger partial charge in [0.05, 0.1) is 11.4 Å². The lowest BCUT2D eigenvalue weighted by Gasteiger charge is -2.14. The van der Waals surface area contributed by atoms with E-state index in [-0.39, 0.29) is 11.9 Å². The summed E-state index contributed by atoms with van der Waals surface area (Å²) in [5.41, 5.74) is 5.23. The number of para-hydroxylation sites is 1. The van der Waals surface area contributed by atoms with Gasteiger partial charge in [-0.05, 0) is 50.2 Å². The number of urea groups is 1. The Labute approximate surface area is 169 Å². The predicted octanol–water partition coefficient (Wildman–Crippen LogP) is 2.95. The fourth-order valence-corrected chi connectivity index (χ4v) is 3.53. The number of hydrogen-bond donors (Lipinski definition) is 2. The lowest BCUT2D eigenvalue weighted by molar-refractivity contribution is 0.0951. The second-order valence-electron chi connectivity index (χ2n) is 7.01. The molecular weight excluding hydrogens is 366 g/mol. The Kier molecular flexibility index (Phi) is 5.03. The molecule has 7 heteroatoms. The van der Waals surface area contributed by atoms with Crippen molar-refractivity contribution >= 4 is 17.6 Å². The van der Waals surface area contributed by atoms with Crippen LogP contribution in [0, 0.1) is 13.8 Å². The van der Waals surface area contributed by atoms with Crippen LogP contribution in [0.2, 0.25) is 0 Å². The van der Waals surface area contributed by atoms with Crippen LogP contribution >= 0.6 is 0 Å². The number of aryl methyl sites for hydroxylation is 1. The quantitative estimate of drug-likeness (QED) is 0.704. The van der Waals surface area contributed by atoms with Crippen molar-refractivity contribution in [1.82, 2.24) is 20.4 Å². The van der Waals surface area contributed by atoms with Crippen molar-refractivity contribution in [2.75, 3.05) is 18.0 Å². The van der Waals surface area contributed by atoms with E-state index in [9.17, 15) is 9.59 Å². The zero-order chi connectivity index (χ0) is 20.4. The molecular formula is C22H23N5O2. The number of nitrogens with zero attached hydrogens (tertiary/aromatic N) is 3. The Morgan fingerprint density at radius 2 is 1.79 bits per heavy atom. The van der Waals surface area contributed by atoms with Gasteiger partial charge >= 0.3 is 6.03 Å². The van der Waals surface area contributed by atoms with E-state index in [4.69, 9.17) is 0 Å². The van der Waals surface area contributed by atoms with Crippen molar-refractivity contribution < 1.29 is 9.59 Å². The maximum atomic E-state index is 12.6. The average molecular weight is 389 g/mol. The van der Waals surface area contributed by atoms with Gasteiger partial charge in [0, 0.05) is 42.1 Å². The highest BCUT2D eigenvalue weighted by molar-refractivity contribution is 5.97. The second kappa shape index (κ2) is 7.79.